The molecule has 2 heterocycles. The van der Waals surface area contributed by atoms with Gasteiger partial charge < -0.3 is 10.1 Å². The predicted octanol–water partition coefficient (Wildman–Crippen LogP) is 2.25. The number of aromatic nitrogens is 3. The zero-order valence-corrected chi connectivity index (χ0v) is 13.3. The van der Waals surface area contributed by atoms with Crippen LogP contribution in [0.4, 0.5) is 0 Å². The number of benzene rings is 1. The molecular weight excluding hydrogens is 304 g/mol. The van der Waals surface area contributed by atoms with Gasteiger partial charge in [0, 0.05) is 25.1 Å². The van der Waals surface area contributed by atoms with Crippen molar-refractivity contribution in [3.05, 3.63) is 72.3 Å². The fourth-order valence-corrected chi connectivity index (χ4v) is 2.36. The first-order chi connectivity index (χ1) is 11.8. The van der Waals surface area contributed by atoms with E-state index in [-0.39, 0.29) is 5.91 Å². The Balaban J connectivity index is 1.63. The van der Waals surface area contributed by atoms with Gasteiger partial charge in [-0.25, -0.2) is 4.68 Å². The van der Waals surface area contributed by atoms with E-state index >= 15 is 0 Å². The summed E-state index contributed by atoms with van der Waals surface area (Å²) in [7, 11) is 1.61. The Labute approximate surface area is 140 Å². The molecule has 0 bridgehead atoms. The van der Waals surface area contributed by atoms with Gasteiger partial charge >= 0.3 is 0 Å². The zero-order chi connectivity index (χ0) is 16.8. The van der Waals surface area contributed by atoms with Crippen LogP contribution in [0.3, 0.4) is 0 Å². The van der Waals surface area contributed by atoms with Crippen molar-refractivity contribution >= 4 is 5.91 Å². The molecule has 0 saturated heterocycles. The minimum Gasteiger partial charge on any atom is -0.494 e. The Bertz CT molecular complexity index is 815. The Morgan fingerprint density at radius 1 is 1.21 bits per heavy atom. The molecule has 0 aliphatic heterocycles. The fourth-order valence-electron chi connectivity index (χ4n) is 2.36. The molecule has 0 saturated carbocycles. The Morgan fingerprint density at radius 2 is 2.08 bits per heavy atom. The van der Waals surface area contributed by atoms with E-state index in [2.05, 4.69) is 15.4 Å². The number of carbonyl (C=O) groups excluding carboxylic acids is 1. The molecule has 1 N–H and O–H groups in total. The normalized spacial score (nSPS) is 10.4. The molecule has 3 rings (SSSR count). The molecule has 0 atom stereocenters. The molecule has 0 radical (unpaired) electrons. The van der Waals surface area contributed by atoms with E-state index in [4.69, 9.17) is 4.74 Å². The standard InChI is InChI=1S/C18H18N4O2/c1-24-17-7-3-2-6-16(17)22-13-15(12-21-22)18(23)20-10-8-14-5-4-9-19-11-14/h2-7,9,11-13H,8,10H2,1H3,(H,20,23). The average Bonchev–Trinajstić information content (AvgIpc) is 3.12. The SMILES string of the molecule is COc1ccccc1-n1cc(C(=O)NCCc2cccnc2)cn1. The van der Waals surface area contributed by atoms with E-state index < -0.39 is 0 Å². The van der Waals surface area contributed by atoms with Gasteiger partial charge in [-0.2, -0.15) is 5.10 Å². The topological polar surface area (TPSA) is 69.0 Å². The van der Waals surface area contributed by atoms with Crippen molar-refractivity contribution in [2.75, 3.05) is 13.7 Å². The van der Waals surface area contributed by atoms with E-state index in [1.54, 1.807) is 36.6 Å². The highest BCUT2D eigenvalue weighted by molar-refractivity contribution is 5.93. The lowest BCUT2D eigenvalue weighted by molar-refractivity contribution is 0.0954. The lowest BCUT2D eigenvalue weighted by Crippen LogP contribution is -2.25. The summed E-state index contributed by atoms with van der Waals surface area (Å²) >= 11 is 0. The van der Waals surface area contributed by atoms with Crippen LogP contribution in [0.1, 0.15) is 15.9 Å². The summed E-state index contributed by atoms with van der Waals surface area (Å²) in [5.74, 6) is 0.546. The molecule has 0 spiro atoms. The summed E-state index contributed by atoms with van der Waals surface area (Å²) in [6, 6.07) is 11.4. The van der Waals surface area contributed by atoms with E-state index in [9.17, 15) is 4.79 Å². The second kappa shape index (κ2) is 7.41. The number of methoxy groups -OCH3 is 1. The van der Waals surface area contributed by atoms with Gasteiger partial charge in [-0.3, -0.25) is 9.78 Å². The molecule has 2 aromatic heterocycles. The predicted molar refractivity (Wildman–Crippen MR) is 90.4 cm³/mol. The maximum atomic E-state index is 12.2. The molecule has 0 aliphatic rings. The lowest BCUT2D eigenvalue weighted by atomic mass is 10.2. The van der Waals surface area contributed by atoms with Crippen LogP contribution >= 0.6 is 0 Å². The summed E-state index contributed by atoms with van der Waals surface area (Å²) in [6.07, 6.45) is 7.50. The van der Waals surface area contributed by atoms with Gasteiger partial charge in [-0.15, -0.1) is 0 Å². The highest BCUT2D eigenvalue weighted by Crippen LogP contribution is 2.21. The van der Waals surface area contributed by atoms with Crippen LogP contribution in [0.2, 0.25) is 0 Å². The summed E-state index contributed by atoms with van der Waals surface area (Å²) in [5.41, 5.74) is 2.38. The van der Waals surface area contributed by atoms with Crippen LogP contribution in [-0.2, 0) is 6.42 Å². The number of pyridine rings is 1. The molecule has 0 unspecified atom stereocenters. The van der Waals surface area contributed by atoms with Crippen molar-refractivity contribution in [3.8, 4) is 11.4 Å². The maximum absolute atomic E-state index is 12.2. The van der Waals surface area contributed by atoms with E-state index in [1.807, 2.05) is 36.4 Å². The van der Waals surface area contributed by atoms with E-state index in [0.717, 1.165) is 17.7 Å². The van der Waals surface area contributed by atoms with Crippen LogP contribution in [0.15, 0.2) is 61.2 Å². The van der Waals surface area contributed by atoms with Crippen LogP contribution in [0.5, 0.6) is 5.75 Å². The second-order valence-corrected chi connectivity index (χ2v) is 5.21. The van der Waals surface area contributed by atoms with Gasteiger partial charge in [0.25, 0.3) is 5.91 Å². The molecule has 0 fully saturated rings. The van der Waals surface area contributed by atoms with E-state index in [1.165, 1.54) is 0 Å². The molecule has 122 valence electrons. The van der Waals surface area contributed by atoms with Crippen LogP contribution in [-0.4, -0.2) is 34.3 Å². The number of hydrogen-bond acceptors (Lipinski definition) is 4. The lowest BCUT2D eigenvalue weighted by Gasteiger charge is -2.07. The summed E-state index contributed by atoms with van der Waals surface area (Å²) in [4.78, 5) is 16.3. The Kier molecular flexibility index (Phi) is 4.86. The minimum absolute atomic E-state index is 0.153. The molecule has 24 heavy (non-hydrogen) atoms. The summed E-state index contributed by atoms with van der Waals surface area (Å²) in [5, 5.41) is 7.14. The first kappa shape index (κ1) is 15.7. The monoisotopic (exact) mass is 322 g/mol. The third-order valence-corrected chi connectivity index (χ3v) is 3.60. The summed E-state index contributed by atoms with van der Waals surface area (Å²) in [6.45, 7) is 0.546. The maximum Gasteiger partial charge on any atom is 0.254 e. The van der Waals surface area contributed by atoms with Crippen molar-refractivity contribution in [3.63, 3.8) is 0 Å². The van der Waals surface area contributed by atoms with Crippen LogP contribution < -0.4 is 10.1 Å². The molecule has 6 heteroatoms. The molecule has 1 aromatic carbocycles. The average molecular weight is 322 g/mol. The number of carbonyl (C=O) groups is 1. The Hall–Kier alpha value is -3.15. The number of rotatable bonds is 6. The summed E-state index contributed by atoms with van der Waals surface area (Å²) < 4.78 is 6.95. The van der Waals surface area contributed by atoms with E-state index in [0.29, 0.717) is 17.9 Å². The fraction of sp³-hybridized carbons (Fsp3) is 0.167. The third kappa shape index (κ3) is 3.60. The first-order valence-corrected chi connectivity index (χ1v) is 7.63. The number of hydrogen-bond donors (Lipinski definition) is 1. The largest absolute Gasteiger partial charge is 0.494 e. The van der Waals surface area contributed by atoms with Gasteiger partial charge in [-0.05, 0) is 30.2 Å². The first-order valence-electron chi connectivity index (χ1n) is 7.63. The molecule has 1 amide bonds. The van der Waals surface area contributed by atoms with Gasteiger partial charge in [0.05, 0.1) is 18.9 Å². The molecule has 0 aliphatic carbocycles. The Morgan fingerprint density at radius 3 is 2.88 bits per heavy atom. The van der Waals surface area contributed by atoms with Crippen LogP contribution in [0, 0.1) is 0 Å². The van der Waals surface area contributed by atoms with Crippen molar-refractivity contribution < 1.29 is 9.53 Å². The number of nitrogens with zero attached hydrogens (tertiary/aromatic N) is 3. The quantitative estimate of drug-likeness (QED) is 0.756. The number of ether oxygens (including phenoxy) is 1. The zero-order valence-electron chi connectivity index (χ0n) is 13.3. The number of amides is 1. The third-order valence-electron chi connectivity index (χ3n) is 3.60. The number of para-hydroxylation sites is 2. The smallest absolute Gasteiger partial charge is 0.254 e. The number of nitrogens with one attached hydrogen (secondary N) is 1. The van der Waals surface area contributed by atoms with Gasteiger partial charge in [-0.1, -0.05) is 18.2 Å². The van der Waals surface area contributed by atoms with Crippen molar-refractivity contribution in [2.24, 2.45) is 0 Å². The van der Waals surface area contributed by atoms with Gasteiger partial charge in [0.2, 0.25) is 0 Å². The minimum atomic E-state index is -0.153. The van der Waals surface area contributed by atoms with Crippen LogP contribution in [0.25, 0.3) is 5.69 Å². The van der Waals surface area contributed by atoms with Gasteiger partial charge in [0.1, 0.15) is 11.4 Å². The highest BCUT2D eigenvalue weighted by Gasteiger charge is 2.11. The molecule has 3 aromatic rings. The van der Waals surface area contributed by atoms with Crippen molar-refractivity contribution in [1.82, 2.24) is 20.1 Å². The van der Waals surface area contributed by atoms with Gasteiger partial charge in [0.15, 0.2) is 0 Å². The molecule has 6 nitrogen and oxygen atoms in total. The molecular formula is C18H18N4O2. The second-order valence-electron chi connectivity index (χ2n) is 5.21. The highest BCUT2D eigenvalue weighted by atomic mass is 16.5. The van der Waals surface area contributed by atoms with Crippen molar-refractivity contribution in [1.29, 1.82) is 0 Å². The van der Waals surface area contributed by atoms with Crippen molar-refractivity contribution in [2.45, 2.75) is 6.42 Å².